The number of esters is 1. The predicted octanol–water partition coefficient (Wildman–Crippen LogP) is 3.63. The SMILES string of the molecule is CCOC(=O)c1cc2n(n1)C[C@](C)(C(=O)NCc1ccc(F)cc1)N(CCc1ccc(Cl)cc1)C2=O. The third-order valence-electron chi connectivity index (χ3n) is 6.18. The van der Waals surface area contributed by atoms with Gasteiger partial charge in [-0.05, 0) is 55.7 Å². The fourth-order valence-corrected chi connectivity index (χ4v) is 4.29. The van der Waals surface area contributed by atoms with Crippen molar-refractivity contribution in [2.45, 2.75) is 38.9 Å². The van der Waals surface area contributed by atoms with Crippen molar-refractivity contribution in [3.8, 4) is 0 Å². The van der Waals surface area contributed by atoms with E-state index < -0.39 is 23.3 Å². The maximum atomic E-state index is 13.6. The van der Waals surface area contributed by atoms with E-state index in [2.05, 4.69) is 10.4 Å². The molecule has 2 heterocycles. The molecule has 0 radical (unpaired) electrons. The summed E-state index contributed by atoms with van der Waals surface area (Å²) < 4.78 is 19.6. The minimum Gasteiger partial charge on any atom is -0.461 e. The fourth-order valence-electron chi connectivity index (χ4n) is 4.16. The van der Waals surface area contributed by atoms with Crippen molar-refractivity contribution < 1.29 is 23.5 Å². The minimum atomic E-state index is -1.30. The lowest BCUT2D eigenvalue weighted by Gasteiger charge is -2.43. The van der Waals surface area contributed by atoms with Gasteiger partial charge in [0.25, 0.3) is 5.91 Å². The molecule has 0 bridgehead atoms. The average molecular weight is 513 g/mol. The monoisotopic (exact) mass is 512 g/mol. The number of carbonyl (C=O) groups excluding carboxylic acids is 3. The molecule has 3 aromatic rings. The highest BCUT2D eigenvalue weighted by Crippen LogP contribution is 2.28. The number of ether oxygens (including phenoxy) is 1. The Morgan fingerprint density at radius 2 is 1.81 bits per heavy atom. The highest BCUT2D eigenvalue weighted by molar-refractivity contribution is 6.30. The molecule has 36 heavy (non-hydrogen) atoms. The van der Waals surface area contributed by atoms with Gasteiger partial charge in [-0.1, -0.05) is 35.9 Å². The van der Waals surface area contributed by atoms with Crippen LogP contribution >= 0.6 is 11.6 Å². The molecule has 4 rings (SSSR count). The summed E-state index contributed by atoms with van der Waals surface area (Å²) in [7, 11) is 0. The second kappa shape index (κ2) is 10.5. The molecule has 1 N–H and O–H groups in total. The van der Waals surface area contributed by atoms with Crippen LogP contribution in [0.2, 0.25) is 5.02 Å². The number of fused-ring (bicyclic) bond motifs is 1. The van der Waals surface area contributed by atoms with Crippen LogP contribution in [0.1, 0.15) is 46.0 Å². The van der Waals surface area contributed by atoms with Crippen LogP contribution in [0.3, 0.4) is 0 Å². The number of hydrogen-bond donors (Lipinski definition) is 1. The first-order valence-electron chi connectivity index (χ1n) is 11.6. The molecule has 0 fully saturated rings. The summed E-state index contributed by atoms with van der Waals surface area (Å²) in [5, 5.41) is 7.71. The van der Waals surface area contributed by atoms with Gasteiger partial charge in [-0.15, -0.1) is 0 Å². The Bertz CT molecular complexity index is 1280. The lowest BCUT2D eigenvalue weighted by molar-refractivity contribution is -0.133. The van der Waals surface area contributed by atoms with Gasteiger partial charge in [-0.25, -0.2) is 9.18 Å². The zero-order valence-corrected chi connectivity index (χ0v) is 20.7. The Morgan fingerprint density at radius 3 is 2.47 bits per heavy atom. The van der Waals surface area contributed by atoms with Gasteiger partial charge in [0.15, 0.2) is 5.69 Å². The number of carbonyl (C=O) groups is 3. The summed E-state index contributed by atoms with van der Waals surface area (Å²) in [6.07, 6.45) is 0.489. The van der Waals surface area contributed by atoms with Crippen LogP contribution in [0.15, 0.2) is 54.6 Å². The van der Waals surface area contributed by atoms with E-state index in [1.54, 1.807) is 38.1 Å². The first kappa shape index (κ1) is 25.4. The summed E-state index contributed by atoms with van der Waals surface area (Å²) in [6, 6.07) is 14.5. The van der Waals surface area contributed by atoms with Crippen molar-refractivity contribution in [1.29, 1.82) is 0 Å². The Balaban J connectivity index is 1.61. The summed E-state index contributed by atoms with van der Waals surface area (Å²) in [4.78, 5) is 40.8. The zero-order valence-electron chi connectivity index (χ0n) is 20.0. The quantitative estimate of drug-likeness (QED) is 0.465. The van der Waals surface area contributed by atoms with Crippen LogP contribution in [0.5, 0.6) is 0 Å². The predicted molar refractivity (Wildman–Crippen MR) is 131 cm³/mol. The lowest BCUT2D eigenvalue weighted by Crippen LogP contribution is -2.64. The Morgan fingerprint density at radius 1 is 1.14 bits per heavy atom. The van der Waals surface area contributed by atoms with E-state index in [0.29, 0.717) is 17.0 Å². The number of rotatable bonds is 8. The van der Waals surface area contributed by atoms with Crippen LogP contribution < -0.4 is 5.32 Å². The molecule has 2 aromatic carbocycles. The van der Waals surface area contributed by atoms with E-state index in [9.17, 15) is 18.8 Å². The number of nitrogens with one attached hydrogen (secondary N) is 1. The molecule has 0 unspecified atom stereocenters. The molecule has 0 saturated carbocycles. The standard InChI is InChI=1S/C26H26ClFN4O4/c1-3-36-24(34)21-14-22-23(33)31(13-12-17-4-8-19(27)9-5-17)26(2,16-32(22)30-21)25(35)29-15-18-6-10-20(28)11-7-18/h4-11,14H,3,12-13,15-16H2,1-2H3,(H,29,35)/t26-/m1/s1. The van der Waals surface area contributed by atoms with Gasteiger partial charge in [-0.3, -0.25) is 14.3 Å². The maximum absolute atomic E-state index is 13.6. The fraction of sp³-hybridized carbons (Fsp3) is 0.308. The molecule has 10 heteroatoms. The number of halogens is 2. The highest BCUT2D eigenvalue weighted by Gasteiger charge is 2.48. The van der Waals surface area contributed by atoms with Crippen molar-refractivity contribution in [3.63, 3.8) is 0 Å². The van der Waals surface area contributed by atoms with Gasteiger partial charge < -0.3 is 15.0 Å². The normalized spacial score (nSPS) is 17.0. The van der Waals surface area contributed by atoms with E-state index in [-0.39, 0.29) is 43.4 Å². The topological polar surface area (TPSA) is 93.5 Å². The van der Waals surface area contributed by atoms with Gasteiger partial charge in [-0.2, -0.15) is 5.10 Å². The molecule has 2 amide bonds. The van der Waals surface area contributed by atoms with Crippen LogP contribution in [-0.4, -0.2) is 51.2 Å². The molecule has 188 valence electrons. The van der Waals surface area contributed by atoms with Crippen molar-refractivity contribution in [1.82, 2.24) is 20.0 Å². The van der Waals surface area contributed by atoms with E-state index in [0.717, 1.165) is 5.56 Å². The largest absolute Gasteiger partial charge is 0.461 e. The smallest absolute Gasteiger partial charge is 0.358 e. The summed E-state index contributed by atoms with van der Waals surface area (Å²) in [5.41, 5.74) is 0.584. The molecule has 1 aromatic heterocycles. The van der Waals surface area contributed by atoms with Crippen LogP contribution in [0.4, 0.5) is 4.39 Å². The van der Waals surface area contributed by atoms with Gasteiger partial charge in [0, 0.05) is 24.2 Å². The van der Waals surface area contributed by atoms with Crippen molar-refractivity contribution in [2.75, 3.05) is 13.2 Å². The van der Waals surface area contributed by atoms with Crippen molar-refractivity contribution >= 4 is 29.4 Å². The highest BCUT2D eigenvalue weighted by atomic mass is 35.5. The summed E-state index contributed by atoms with van der Waals surface area (Å²) in [6.45, 7) is 3.98. The molecule has 0 saturated heterocycles. The third kappa shape index (κ3) is 5.26. The maximum Gasteiger partial charge on any atom is 0.358 e. The molecular weight excluding hydrogens is 487 g/mol. The number of benzene rings is 2. The van der Waals surface area contributed by atoms with Crippen molar-refractivity contribution in [3.05, 3.63) is 88.0 Å². The molecule has 8 nitrogen and oxygen atoms in total. The van der Waals surface area contributed by atoms with Gasteiger partial charge in [0.2, 0.25) is 5.91 Å². The molecule has 1 aliphatic rings. The number of aromatic nitrogens is 2. The van der Waals surface area contributed by atoms with E-state index in [1.807, 2.05) is 12.1 Å². The molecule has 1 aliphatic heterocycles. The van der Waals surface area contributed by atoms with Crippen molar-refractivity contribution in [2.24, 2.45) is 0 Å². The third-order valence-corrected chi connectivity index (χ3v) is 6.43. The molecule has 0 spiro atoms. The van der Waals surface area contributed by atoms with E-state index in [1.165, 1.54) is 27.8 Å². The first-order valence-corrected chi connectivity index (χ1v) is 11.9. The minimum absolute atomic E-state index is 0.00817. The zero-order chi connectivity index (χ0) is 25.9. The second-order valence-corrected chi connectivity index (χ2v) is 9.15. The lowest BCUT2D eigenvalue weighted by atomic mass is 9.94. The Hall–Kier alpha value is -3.72. The van der Waals surface area contributed by atoms with Crippen LogP contribution in [0, 0.1) is 5.82 Å². The van der Waals surface area contributed by atoms with E-state index in [4.69, 9.17) is 16.3 Å². The number of hydrogen-bond acceptors (Lipinski definition) is 5. The summed E-state index contributed by atoms with van der Waals surface area (Å²) in [5.74, 6) is -1.82. The molecule has 1 atom stereocenters. The Kier molecular flexibility index (Phi) is 7.40. The molecular formula is C26H26ClFN4O4. The first-order chi connectivity index (χ1) is 17.2. The second-order valence-electron chi connectivity index (χ2n) is 8.71. The van der Waals surface area contributed by atoms with E-state index >= 15 is 0 Å². The summed E-state index contributed by atoms with van der Waals surface area (Å²) >= 11 is 5.99. The number of amides is 2. The van der Waals surface area contributed by atoms with Gasteiger partial charge in [0.1, 0.15) is 17.1 Å². The van der Waals surface area contributed by atoms with Crippen LogP contribution in [0.25, 0.3) is 0 Å². The van der Waals surface area contributed by atoms with Crippen LogP contribution in [-0.2, 0) is 29.0 Å². The average Bonchev–Trinajstić information content (AvgIpc) is 3.28. The van der Waals surface area contributed by atoms with Gasteiger partial charge >= 0.3 is 5.97 Å². The number of nitrogens with zero attached hydrogens (tertiary/aromatic N) is 3. The molecule has 0 aliphatic carbocycles. The van der Waals surface area contributed by atoms with Gasteiger partial charge in [0.05, 0.1) is 13.2 Å². The Labute approximate surface area is 213 Å².